The number of nitrogens with one attached hydrogen (secondary N) is 1. The first-order valence-electron chi connectivity index (χ1n) is 6.63. The van der Waals surface area contributed by atoms with Gasteiger partial charge in [0.15, 0.2) is 0 Å². The van der Waals surface area contributed by atoms with Crippen molar-refractivity contribution in [3.63, 3.8) is 0 Å². The number of carbonyl (C=O) groups is 1. The van der Waals surface area contributed by atoms with Crippen LogP contribution in [-0.2, 0) is 11.3 Å². The second-order valence-corrected chi connectivity index (χ2v) is 5.58. The molecule has 2 N–H and O–H groups in total. The fraction of sp³-hybridized carbons (Fsp3) is 0.400. The summed E-state index contributed by atoms with van der Waals surface area (Å²) in [5.74, 6) is -0.756. The van der Waals surface area contributed by atoms with Crippen molar-refractivity contribution < 1.29 is 9.90 Å². The molecule has 0 aliphatic carbocycles. The Bertz CT molecular complexity index is 550. The Balaban J connectivity index is 2.02. The number of rotatable bonds is 7. The van der Waals surface area contributed by atoms with Crippen LogP contribution in [0.3, 0.4) is 0 Å². The maximum atomic E-state index is 11.2. The Morgan fingerprint density at radius 2 is 2.21 bits per heavy atom. The van der Waals surface area contributed by atoms with Crippen LogP contribution in [-0.4, -0.2) is 17.1 Å². The second kappa shape index (κ2) is 6.68. The largest absolute Gasteiger partial charge is 0.480 e. The first-order chi connectivity index (χ1) is 9.22. The highest BCUT2D eigenvalue weighted by Crippen LogP contribution is 2.25. The van der Waals surface area contributed by atoms with Crippen molar-refractivity contribution in [2.75, 3.05) is 0 Å². The third-order valence-electron chi connectivity index (χ3n) is 3.24. The summed E-state index contributed by atoms with van der Waals surface area (Å²) < 4.78 is 1.25. The minimum absolute atomic E-state index is 0.446. The topological polar surface area (TPSA) is 49.3 Å². The molecule has 0 bridgehead atoms. The van der Waals surface area contributed by atoms with Crippen LogP contribution in [0.15, 0.2) is 29.6 Å². The van der Waals surface area contributed by atoms with Crippen molar-refractivity contribution in [3.05, 3.63) is 35.2 Å². The quantitative estimate of drug-likeness (QED) is 0.812. The lowest BCUT2D eigenvalue weighted by Gasteiger charge is -2.13. The number of aliphatic carboxylic acids is 1. The molecule has 0 spiro atoms. The molecule has 3 nitrogen and oxygen atoms in total. The molecule has 0 aliphatic rings. The van der Waals surface area contributed by atoms with Gasteiger partial charge in [0, 0.05) is 11.2 Å². The molecular formula is C15H19NO2S. The Morgan fingerprint density at radius 3 is 2.95 bits per heavy atom. The monoisotopic (exact) mass is 277 g/mol. The van der Waals surface area contributed by atoms with E-state index in [2.05, 4.69) is 29.8 Å². The second-order valence-electron chi connectivity index (χ2n) is 4.67. The van der Waals surface area contributed by atoms with Gasteiger partial charge in [-0.25, -0.2) is 0 Å². The van der Waals surface area contributed by atoms with Gasteiger partial charge in [0.1, 0.15) is 6.04 Å². The van der Waals surface area contributed by atoms with Crippen molar-refractivity contribution in [1.29, 1.82) is 0 Å². The molecule has 0 amide bonds. The van der Waals surface area contributed by atoms with Gasteiger partial charge < -0.3 is 10.4 Å². The van der Waals surface area contributed by atoms with E-state index in [1.54, 1.807) is 11.3 Å². The number of thiophene rings is 1. The molecule has 19 heavy (non-hydrogen) atoms. The van der Waals surface area contributed by atoms with E-state index in [1.165, 1.54) is 15.6 Å². The maximum absolute atomic E-state index is 11.2. The minimum Gasteiger partial charge on any atom is -0.480 e. The van der Waals surface area contributed by atoms with Crippen LogP contribution in [0.2, 0.25) is 0 Å². The van der Waals surface area contributed by atoms with E-state index in [1.807, 2.05) is 12.1 Å². The van der Waals surface area contributed by atoms with Crippen LogP contribution in [0.5, 0.6) is 0 Å². The highest BCUT2D eigenvalue weighted by Gasteiger charge is 2.16. The van der Waals surface area contributed by atoms with E-state index < -0.39 is 12.0 Å². The van der Waals surface area contributed by atoms with E-state index in [0.29, 0.717) is 13.0 Å². The van der Waals surface area contributed by atoms with E-state index in [9.17, 15) is 9.90 Å². The van der Waals surface area contributed by atoms with Crippen LogP contribution in [0.4, 0.5) is 0 Å². The van der Waals surface area contributed by atoms with Gasteiger partial charge in [0.25, 0.3) is 0 Å². The highest BCUT2D eigenvalue weighted by atomic mass is 32.1. The number of carboxylic acids is 1. The summed E-state index contributed by atoms with van der Waals surface area (Å²) in [6.07, 6.45) is 2.65. The van der Waals surface area contributed by atoms with E-state index in [-0.39, 0.29) is 0 Å². The molecule has 4 heteroatoms. The summed E-state index contributed by atoms with van der Waals surface area (Å²) in [4.78, 5) is 11.2. The van der Waals surface area contributed by atoms with E-state index >= 15 is 0 Å². The summed E-state index contributed by atoms with van der Waals surface area (Å²) in [6, 6.07) is 7.78. The van der Waals surface area contributed by atoms with Crippen molar-refractivity contribution in [2.45, 2.75) is 38.8 Å². The molecule has 0 radical (unpaired) electrons. The first kappa shape index (κ1) is 14.0. The average Bonchev–Trinajstić information content (AvgIpc) is 2.82. The van der Waals surface area contributed by atoms with E-state index in [0.717, 1.165) is 12.8 Å². The standard InChI is InChI=1S/C15H19NO2S/c1-2-3-7-13(15(17)18)16-9-11-10-19-14-8-5-4-6-12(11)14/h4-6,8,10,13,16H,2-3,7,9H2,1H3,(H,17,18). The van der Waals surface area contributed by atoms with Gasteiger partial charge in [-0.2, -0.15) is 0 Å². The van der Waals surface area contributed by atoms with Crippen LogP contribution in [0.1, 0.15) is 31.7 Å². The van der Waals surface area contributed by atoms with Crippen molar-refractivity contribution in [1.82, 2.24) is 5.32 Å². The molecule has 1 heterocycles. The predicted molar refractivity (Wildman–Crippen MR) is 79.6 cm³/mol. The van der Waals surface area contributed by atoms with Crippen LogP contribution >= 0.6 is 11.3 Å². The Hall–Kier alpha value is -1.39. The van der Waals surface area contributed by atoms with Crippen LogP contribution < -0.4 is 5.32 Å². The summed E-state index contributed by atoms with van der Waals surface area (Å²) >= 11 is 1.70. The SMILES string of the molecule is CCCCC(NCc1csc2ccccc12)C(=O)O. The van der Waals surface area contributed by atoms with Crippen molar-refractivity contribution in [2.24, 2.45) is 0 Å². The zero-order valence-electron chi connectivity index (χ0n) is 11.1. The molecule has 1 unspecified atom stereocenters. The van der Waals surface area contributed by atoms with Crippen molar-refractivity contribution >= 4 is 27.4 Å². The highest BCUT2D eigenvalue weighted by molar-refractivity contribution is 7.17. The van der Waals surface area contributed by atoms with Gasteiger partial charge >= 0.3 is 5.97 Å². The molecule has 2 aromatic rings. The minimum atomic E-state index is -0.756. The molecular weight excluding hydrogens is 258 g/mol. The van der Waals surface area contributed by atoms with Crippen LogP contribution in [0, 0.1) is 0 Å². The van der Waals surface area contributed by atoms with Gasteiger partial charge in [-0.3, -0.25) is 4.79 Å². The normalized spacial score (nSPS) is 12.7. The summed E-state index contributed by atoms with van der Waals surface area (Å²) in [6.45, 7) is 2.69. The molecule has 102 valence electrons. The zero-order chi connectivity index (χ0) is 13.7. The fourth-order valence-corrected chi connectivity index (χ4v) is 3.09. The number of unbranched alkanes of at least 4 members (excludes halogenated alkanes) is 1. The maximum Gasteiger partial charge on any atom is 0.320 e. The third kappa shape index (κ3) is 3.55. The lowest BCUT2D eigenvalue weighted by molar-refractivity contribution is -0.139. The molecule has 2 rings (SSSR count). The van der Waals surface area contributed by atoms with Gasteiger partial charge in [-0.05, 0) is 28.8 Å². The van der Waals surface area contributed by atoms with Gasteiger partial charge in [0.05, 0.1) is 0 Å². The number of carboxylic acid groups (broad SMARTS) is 1. The van der Waals surface area contributed by atoms with E-state index in [4.69, 9.17) is 0 Å². The molecule has 1 aromatic heterocycles. The predicted octanol–water partition coefficient (Wildman–Crippen LogP) is 3.63. The van der Waals surface area contributed by atoms with Gasteiger partial charge in [-0.15, -0.1) is 11.3 Å². The lowest BCUT2D eigenvalue weighted by atomic mass is 10.1. The number of benzene rings is 1. The zero-order valence-corrected chi connectivity index (χ0v) is 11.9. The number of hydrogen-bond acceptors (Lipinski definition) is 3. The van der Waals surface area contributed by atoms with Crippen LogP contribution in [0.25, 0.3) is 10.1 Å². The summed E-state index contributed by atoms with van der Waals surface area (Å²) in [5.41, 5.74) is 1.18. The van der Waals surface area contributed by atoms with Gasteiger partial charge in [0.2, 0.25) is 0 Å². The number of hydrogen-bond donors (Lipinski definition) is 2. The lowest BCUT2D eigenvalue weighted by Crippen LogP contribution is -2.36. The van der Waals surface area contributed by atoms with Gasteiger partial charge in [-0.1, -0.05) is 38.0 Å². The molecule has 0 saturated heterocycles. The Kier molecular flexibility index (Phi) is 4.93. The fourth-order valence-electron chi connectivity index (χ4n) is 2.12. The van der Waals surface area contributed by atoms with Crippen molar-refractivity contribution in [3.8, 4) is 0 Å². The molecule has 0 fully saturated rings. The molecule has 0 aliphatic heterocycles. The Morgan fingerprint density at radius 1 is 1.42 bits per heavy atom. The Labute approximate surface area is 117 Å². The first-order valence-corrected chi connectivity index (χ1v) is 7.51. The third-order valence-corrected chi connectivity index (χ3v) is 4.26. The summed E-state index contributed by atoms with van der Waals surface area (Å²) in [7, 11) is 0. The smallest absolute Gasteiger partial charge is 0.320 e. The average molecular weight is 277 g/mol. The molecule has 1 atom stereocenters. The molecule has 1 aromatic carbocycles. The summed E-state index contributed by atoms with van der Waals surface area (Å²) in [5, 5.41) is 15.7. The number of fused-ring (bicyclic) bond motifs is 1. The molecule has 0 saturated carbocycles.